The van der Waals surface area contributed by atoms with Crippen LogP contribution in [0.5, 0.6) is 0 Å². The summed E-state index contributed by atoms with van der Waals surface area (Å²) < 4.78 is 5.15. The molecule has 0 saturated carbocycles. The minimum Gasteiger partial charge on any atom is -0.465 e. The van der Waals surface area contributed by atoms with E-state index in [9.17, 15) is 4.79 Å². The predicted molar refractivity (Wildman–Crippen MR) is 91.8 cm³/mol. The molecule has 2 heterocycles. The van der Waals surface area contributed by atoms with Gasteiger partial charge in [-0.2, -0.15) is 0 Å². The maximum absolute atomic E-state index is 11.9. The summed E-state index contributed by atoms with van der Waals surface area (Å²) >= 11 is 1.54. The van der Waals surface area contributed by atoms with Crippen LogP contribution in [-0.2, 0) is 4.79 Å². The van der Waals surface area contributed by atoms with Gasteiger partial charge in [0.25, 0.3) is 0 Å². The van der Waals surface area contributed by atoms with Gasteiger partial charge >= 0.3 is 0 Å². The summed E-state index contributed by atoms with van der Waals surface area (Å²) in [5.41, 5.74) is 2.00. The Morgan fingerprint density at radius 1 is 1.26 bits per heavy atom. The summed E-state index contributed by atoms with van der Waals surface area (Å²) in [5.74, 6) is 0.471. The summed E-state index contributed by atoms with van der Waals surface area (Å²) in [5, 5.41) is 5.79. The van der Waals surface area contributed by atoms with Crippen LogP contribution < -0.4 is 5.32 Å². The third-order valence-electron chi connectivity index (χ3n) is 3.26. The number of furan rings is 1. The number of thiazole rings is 1. The second-order valence-corrected chi connectivity index (χ2v) is 5.91. The van der Waals surface area contributed by atoms with Crippen molar-refractivity contribution in [3.05, 3.63) is 71.0 Å². The summed E-state index contributed by atoms with van der Waals surface area (Å²) in [6.45, 7) is 1.92. The molecule has 1 N–H and O–H groups in total. The lowest BCUT2D eigenvalue weighted by molar-refractivity contribution is -0.117. The molecule has 1 aromatic carbocycles. The molecule has 3 aromatic rings. The fourth-order valence-corrected chi connectivity index (χ4v) is 2.93. The van der Waals surface area contributed by atoms with E-state index in [0.29, 0.717) is 5.76 Å². The van der Waals surface area contributed by atoms with Crippen LogP contribution in [0, 0.1) is 0 Å². The Bertz CT molecular complexity index is 792. The van der Waals surface area contributed by atoms with Gasteiger partial charge in [-0.05, 0) is 25.1 Å². The molecule has 0 saturated heterocycles. The molecule has 5 heteroatoms. The highest BCUT2D eigenvalue weighted by molar-refractivity contribution is 7.10. The van der Waals surface area contributed by atoms with E-state index in [0.717, 1.165) is 16.3 Å². The third kappa shape index (κ3) is 3.96. The molecule has 1 atom stereocenters. The van der Waals surface area contributed by atoms with Crippen molar-refractivity contribution in [3.63, 3.8) is 0 Å². The van der Waals surface area contributed by atoms with Crippen LogP contribution >= 0.6 is 11.3 Å². The molecule has 2 aromatic heterocycles. The molecular weight excluding hydrogens is 308 g/mol. The first-order chi connectivity index (χ1) is 11.2. The lowest BCUT2D eigenvalue weighted by atomic mass is 10.2. The van der Waals surface area contributed by atoms with Gasteiger partial charge in [0.15, 0.2) is 0 Å². The van der Waals surface area contributed by atoms with E-state index in [-0.39, 0.29) is 11.9 Å². The topological polar surface area (TPSA) is 55.1 Å². The number of nitrogens with one attached hydrogen (secondary N) is 1. The van der Waals surface area contributed by atoms with Gasteiger partial charge in [-0.1, -0.05) is 30.3 Å². The number of amides is 1. The van der Waals surface area contributed by atoms with E-state index in [1.165, 1.54) is 6.08 Å². The fourth-order valence-electron chi connectivity index (χ4n) is 2.10. The molecule has 3 rings (SSSR count). The van der Waals surface area contributed by atoms with Crippen LogP contribution in [0.4, 0.5) is 0 Å². The first kappa shape index (κ1) is 15.2. The Kier molecular flexibility index (Phi) is 4.68. The van der Waals surface area contributed by atoms with Crippen molar-refractivity contribution in [1.82, 2.24) is 10.3 Å². The monoisotopic (exact) mass is 324 g/mol. The molecule has 23 heavy (non-hydrogen) atoms. The Hall–Kier alpha value is -2.66. The second-order valence-electron chi connectivity index (χ2n) is 5.02. The largest absolute Gasteiger partial charge is 0.465 e. The zero-order valence-electron chi connectivity index (χ0n) is 12.6. The van der Waals surface area contributed by atoms with Crippen molar-refractivity contribution in [2.24, 2.45) is 0 Å². The van der Waals surface area contributed by atoms with Crippen molar-refractivity contribution in [1.29, 1.82) is 0 Å². The standard InChI is InChI=1S/C18H16N2O2S/c1-13(19-17(21)10-9-15-8-5-11-22-15)18-20-16(12-23-18)14-6-3-2-4-7-14/h2-13H,1H3,(H,19,21). The van der Waals surface area contributed by atoms with Gasteiger partial charge in [0.05, 0.1) is 18.0 Å². The molecule has 0 aliphatic heterocycles. The van der Waals surface area contributed by atoms with Crippen molar-refractivity contribution in [3.8, 4) is 11.3 Å². The lowest BCUT2D eigenvalue weighted by Crippen LogP contribution is -2.24. The number of hydrogen-bond acceptors (Lipinski definition) is 4. The molecule has 1 amide bonds. The highest BCUT2D eigenvalue weighted by Crippen LogP contribution is 2.25. The first-order valence-electron chi connectivity index (χ1n) is 7.25. The normalized spacial score (nSPS) is 12.4. The van der Waals surface area contributed by atoms with Gasteiger partial charge in [0.2, 0.25) is 5.91 Å². The second kappa shape index (κ2) is 7.07. The predicted octanol–water partition coefficient (Wildman–Crippen LogP) is 4.29. The number of hydrogen-bond donors (Lipinski definition) is 1. The van der Waals surface area contributed by atoms with Crippen LogP contribution in [0.2, 0.25) is 0 Å². The van der Waals surface area contributed by atoms with Crippen LogP contribution in [-0.4, -0.2) is 10.9 Å². The van der Waals surface area contributed by atoms with E-state index in [2.05, 4.69) is 10.3 Å². The Labute approximate surface area is 138 Å². The maximum Gasteiger partial charge on any atom is 0.244 e. The van der Waals surface area contributed by atoms with E-state index in [1.54, 1.807) is 35.8 Å². The van der Waals surface area contributed by atoms with Gasteiger partial charge in [-0.15, -0.1) is 11.3 Å². The van der Waals surface area contributed by atoms with Crippen LogP contribution in [0.1, 0.15) is 23.7 Å². The summed E-state index contributed by atoms with van der Waals surface area (Å²) in [6.07, 6.45) is 4.67. The third-order valence-corrected chi connectivity index (χ3v) is 4.29. The van der Waals surface area contributed by atoms with Gasteiger partial charge in [-0.3, -0.25) is 4.79 Å². The molecule has 0 bridgehead atoms. The molecule has 0 aliphatic carbocycles. The van der Waals surface area contributed by atoms with Gasteiger partial charge in [0, 0.05) is 17.0 Å². The SMILES string of the molecule is CC(NC(=O)C=Cc1ccco1)c1nc(-c2ccccc2)cs1. The number of nitrogens with zero attached hydrogens (tertiary/aromatic N) is 1. The summed E-state index contributed by atoms with van der Waals surface area (Å²) in [7, 11) is 0. The first-order valence-corrected chi connectivity index (χ1v) is 8.13. The summed E-state index contributed by atoms with van der Waals surface area (Å²) in [6, 6.07) is 13.4. The highest BCUT2D eigenvalue weighted by atomic mass is 32.1. The molecular formula is C18H16N2O2S. The highest BCUT2D eigenvalue weighted by Gasteiger charge is 2.12. The Morgan fingerprint density at radius 3 is 2.83 bits per heavy atom. The fraction of sp³-hybridized carbons (Fsp3) is 0.111. The molecule has 116 valence electrons. The van der Waals surface area contributed by atoms with Crippen LogP contribution in [0.15, 0.2) is 64.6 Å². The number of rotatable bonds is 5. The van der Waals surface area contributed by atoms with E-state index >= 15 is 0 Å². The molecule has 4 nitrogen and oxygen atoms in total. The number of carbonyl (C=O) groups excluding carboxylic acids is 1. The minimum absolute atomic E-state index is 0.147. The molecule has 0 radical (unpaired) electrons. The Balaban J connectivity index is 1.63. The number of benzene rings is 1. The van der Waals surface area contributed by atoms with E-state index in [1.807, 2.05) is 42.6 Å². The lowest BCUT2D eigenvalue weighted by Gasteiger charge is -2.08. The zero-order chi connectivity index (χ0) is 16.1. The smallest absolute Gasteiger partial charge is 0.244 e. The molecule has 0 aliphatic rings. The van der Waals surface area contributed by atoms with Gasteiger partial charge < -0.3 is 9.73 Å². The van der Waals surface area contributed by atoms with Gasteiger partial charge in [0.1, 0.15) is 10.8 Å². The van der Waals surface area contributed by atoms with Crippen molar-refractivity contribution < 1.29 is 9.21 Å². The van der Waals surface area contributed by atoms with E-state index < -0.39 is 0 Å². The molecule has 1 unspecified atom stereocenters. The minimum atomic E-state index is -0.176. The maximum atomic E-state index is 11.9. The van der Waals surface area contributed by atoms with Gasteiger partial charge in [-0.25, -0.2) is 4.98 Å². The molecule has 0 fully saturated rings. The van der Waals surface area contributed by atoms with Crippen LogP contribution in [0.3, 0.4) is 0 Å². The summed E-state index contributed by atoms with van der Waals surface area (Å²) in [4.78, 5) is 16.5. The quantitative estimate of drug-likeness (QED) is 0.712. The van der Waals surface area contributed by atoms with Crippen LogP contribution in [0.25, 0.3) is 17.3 Å². The van der Waals surface area contributed by atoms with Crippen molar-refractivity contribution >= 4 is 23.3 Å². The number of carbonyl (C=O) groups is 1. The molecule has 0 spiro atoms. The Morgan fingerprint density at radius 2 is 2.09 bits per heavy atom. The van der Waals surface area contributed by atoms with E-state index in [4.69, 9.17) is 4.42 Å². The average molecular weight is 324 g/mol. The zero-order valence-corrected chi connectivity index (χ0v) is 13.4. The average Bonchev–Trinajstić information content (AvgIpc) is 3.25. The van der Waals surface area contributed by atoms with Crippen molar-refractivity contribution in [2.75, 3.05) is 0 Å². The van der Waals surface area contributed by atoms with Crippen molar-refractivity contribution in [2.45, 2.75) is 13.0 Å². The number of aromatic nitrogens is 1.